The Hall–Kier alpha value is -4.87. The van der Waals surface area contributed by atoms with E-state index in [1.807, 2.05) is 60.7 Å². The number of hydrogen-bond acceptors (Lipinski definition) is 7. The first kappa shape index (κ1) is 31.1. The number of ether oxygens (including phenoxy) is 1. The van der Waals surface area contributed by atoms with Crippen LogP contribution in [0.5, 0.6) is 0 Å². The average Bonchev–Trinajstić information content (AvgIpc) is 3.38. The summed E-state index contributed by atoms with van der Waals surface area (Å²) in [6.45, 7) is 5.34. The standard InChI is InChI=1S/C34H39N5O7/c1-33(2,3)45-31(43)36-39-17-11-5-4-6-12-21-19-34(21,30(41)42)35-29(40)27-18-22(20-38(27)32(39)44)46-37-28-25-15-9-7-13-23(25)24-14-8-10-16-26(24)28/h6-10,12-16,21-22,27H,4-5,11,17-20H2,1-3H3,(H,35,40)(H,36,43)(H,41,42)/b12-6-/t21-,22-,27+,34+/m1/s1. The molecule has 3 N–H and O–H groups in total. The molecule has 46 heavy (non-hydrogen) atoms. The molecule has 1 saturated heterocycles. The first-order chi connectivity index (χ1) is 22.0. The molecule has 0 radical (unpaired) electrons. The summed E-state index contributed by atoms with van der Waals surface area (Å²) >= 11 is 0. The van der Waals surface area contributed by atoms with Gasteiger partial charge in [0, 0.05) is 30.0 Å². The number of carbonyl (C=O) groups is 4. The van der Waals surface area contributed by atoms with Crippen molar-refractivity contribution >= 4 is 29.7 Å². The number of hydrogen-bond donors (Lipinski definition) is 3. The number of urea groups is 1. The van der Waals surface area contributed by atoms with Crippen LogP contribution in [0.25, 0.3) is 11.1 Å². The third-order valence-corrected chi connectivity index (χ3v) is 8.73. The van der Waals surface area contributed by atoms with Crippen LogP contribution in [0.15, 0.2) is 65.8 Å². The van der Waals surface area contributed by atoms with E-state index < -0.39 is 47.3 Å². The van der Waals surface area contributed by atoms with Gasteiger partial charge >= 0.3 is 18.1 Å². The fourth-order valence-electron chi connectivity index (χ4n) is 6.38. The summed E-state index contributed by atoms with van der Waals surface area (Å²) in [5, 5.41) is 18.5. The predicted octanol–water partition coefficient (Wildman–Crippen LogP) is 4.44. The zero-order chi connectivity index (χ0) is 32.6. The number of carboxylic acids is 1. The molecule has 0 unspecified atom stereocenters. The van der Waals surface area contributed by atoms with Gasteiger partial charge in [0.25, 0.3) is 0 Å². The van der Waals surface area contributed by atoms with E-state index in [9.17, 15) is 24.3 Å². The highest BCUT2D eigenvalue weighted by molar-refractivity contribution is 6.24. The molecular formula is C34H39N5O7. The van der Waals surface area contributed by atoms with Gasteiger partial charge in [-0.2, -0.15) is 0 Å². The van der Waals surface area contributed by atoms with Crippen molar-refractivity contribution in [2.24, 2.45) is 11.1 Å². The molecule has 0 spiro atoms. The maximum atomic E-state index is 14.1. The third kappa shape index (κ3) is 6.16. The van der Waals surface area contributed by atoms with E-state index in [2.05, 4.69) is 15.9 Å². The summed E-state index contributed by atoms with van der Waals surface area (Å²) in [4.78, 5) is 60.3. The molecule has 0 bridgehead atoms. The molecular weight excluding hydrogens is 590 g/mol. The van der Waals surface area contributed by atoms with E-state index in [1.165, 1.54) is 4.90 Å². The van der Waals surface area contributed by atoms with Gasteiger partial charge in [0.1, 0.15) is 29.0 Å². The van der Waals surface area contributed by atoms with Crippen molar-refractivity contribution in [2.75, 3.05) is 13.1 Å². The van der Waals surface area contributed by atoms with Gasteiger partial charge in [-0.3, -0.25) is 4.79 Å². The summed E-state index contributed by atoms with van der Waals surface area (Å²) in [6, 6.07) is 14.1. The van der Waals surface area contributed by atoms with Gasteiger partial charge in [-0.1, -0.05) is 65.8 Å². The second kappa shape index (κ2) is 12.1. The van der Waals surface area contributed by atoms with E-state index in [0.717, 1.165) is 27.3 Å². The molecule has 2 heterocycles. The number of oxime groups is 1. The molecule has 2 aliphatic carbocycles. The van der Waals surface area contributed by atoms with Crippen LogP contribution < -0.4 is 10.7 Å². The van der Waals surface area contributed by atoms with Gasteiger partial charge in [0.2, 0.25) is 5.91 Å². The third-order valence-electron chi connectivity index (χ3n) is 8.73. The quantitative estimate of drug-likeness (QED) is 0.285. The van der Waals surface area contributed by atoms with Crippen molar-refractivity contribution in [1.29, 1.82) is 0 Å². The lowest BCUT2D eigenvalue weighted by atomic mass is 10.1. The first-order valence-electron chi connectivity index (χ1n) is 15.7. The van der Waals surface area contributed by atoms with Crippen LogP contribution >= 0.6 is 0 Å². The Morgan fingerprint density at radius 2 is 1.67 bits per heavy atom. The fraction of sp³-hybridized carbons (Fsp3) is 0.441. The molecule has 4 amide bonds. The van der Waals surface area contributed by atoms with E-state index >= 15 is 0 Å². The molecule has 2 aromatic carbocycles. The van der Waals surface area contributed by atoms with E-state index in [-0.39, 0.29) is 31.8 Å². The van der Waals surface area contributed by atoms with Crippen molar-refractivity contribution in [3.8, 4) is 11.1 Å². The Balaban J connectivity index is 1.29. The number of nitrogens with zero attached hydrogens (tertiary/aromatic N) is 3. The van der Waals surface area contributed by atoms with Crippen LogP contribution in [-0.2, 0) is 19.2 Å². The number of carbonyl (C=O) groups excluding carboxylic acids is 3. The van der Waals surface area contributed by atoms with Crippen LogP contribution in [0, 0.1) is 5.92 Å². The minimum absolute atomic E-state index is 0.00705. The van der Waals surface area contributed by atoms with Crippen LogP contribution in [0.3, 0.4) is 0 Å². The number of benzene rings is 2. The summed E-state index contributed by atoms with van der Waals surface area (Å²) in [6.07, 6.45) is 4.52. The van der Waals surface area contributed by atoms with Gasteiger partial charge in [-0.25, -0.2) is 24.8 Å². The lowest BCUT2D eigenvalue weighted by molar-refractivity contribution is -0.144. The van der Waals surface area contributed by atoms with Gasteiger partial charge in [-0.15, -0.1) is 0 Å². The van der Waals surface area contributed by atoms with Crippen molar-refractivity contribution in [3.63, 3.8) is 0 Å². The molecule has 0 aromatic heterocycles. The second-order valence-corrected chi connectivity index (χ2v) is 13.2. The average molecular weight is 630 g/mol. The van der Waals surface area contributed by atoms with Crippen molar-refractivity contribution < 1.29 is 33.9 Å². The summed E-state index contributed by atoms with van der Waals surface area (Å²) in [7, 11) is 0. The number of carboxylic acid groups (broad SMARTS) is 1. The number of fused-ring (bicyclic) bond motifs is 5. The Labute approximate surface area is 267 Å². The van der Waals surface area contributed by atoms with E-state index in [0.29, 0.717) is 25.0 Å². The number of nitrogens with one attached hydrogen (secondary N) is 2. The van der Waals surface area contributed by atoms with E-state index in [4.69, 9.17) is 9.57 Å². The summed E-state index contributed by atoms with van der Waals surface area (Å²) in [5.74, 6) is -2.06. The minimum atomic E-state index is -1.43. The first-order valence-corrected chi connectivity index (χ1v) is 15.7. The molecule has 12 heteroatoms. The van der Waals surface area contributed by atoms with Crippen LogP contribution in [0.4, 0.5) is 9.59 Å². The fourth-order valence-corrected chi connectivity index (χ4v) is 6.38. The highest BCUT2D eigenvalue weighted by Crippen LogP contribution is 2.45. The number of rotatable bonds is 4. The minimum Gasteiger partial charge on any atom is -0.479 e. The monoisotopic (exact) mass is 629 g/mol. The maximum Gasteiger partial charge on any atom is 0.426 e. The SMILES string of the molecule is CC(C)(C)OC(=O)NN1CCCC/C=C\[C@@H]2C[C@]2(C(=O)O)NC(=O)[C@@H]2C[C@@H](ON=C3c4ccccc4-c4ccccc43)CN2C1=O. The van der Waals surface area contributed by atoms with Crippen molar-refractivity contribution in [1.82, 2.24) is 20.7 Å². The Kier molecular flexibility index (Phi) is 8.22. The molecule has 1 saturated carbocycles. The Morgan fingerprint density at radius 3 is 2.30 bits per heavy atom. The predicted molar refractivity (Wildman–Crippen MR) is 169 cm³/mol. The van der Waals surface area contributed by atoms with E-state index in [1.54, 1.807) is 20.8 Å². The maximum absolute atomic E-state index is 14.1. The molecule has 2 aromatic rings. The van der Waals surface area contributed by atoms with Gasteiger partial charge in [0.15, 0.2) is 0 Å². The lowest BCUT2D eigenvalue weighted by Gasteiger charge is -2.32. The smallest absolute Gasteiger partial charge is 0.426 e. The molecule has 242 valence electrons. The normalized spacial score (nSPS) is 26.4. The van der Waals surface area contributed by atoms with Crippen molar-refractivity contribution in [2.45, 2.75) is 76.2 Å². The number of amides is 4. The highest BCUT2D eigenvalue weighted by atomic mass is 16.6. The Morgan fingerprint density at radius 1 is 1.02 bits per heavy atom. The van der Waals surface area contributed by atoms with Gasteiger partial charge < -0.3 is 24.9 Å². The topological polar surface area (TPSA) is 150 Å². The van der Waals surface area contributed by atoms with Gasteiger partial charge in [0.05, 0.1) is 6.54 Å². The zero-order valence-electron chi connectivity index (χ0n) is 26.2. The molecule has 12 nitrogen and oxygen atoms in total. The molecule has 4 aliphatic rings. The lowest BCUT2D eigenvalue weighted by Crippen LogP contribution is -2.58. The van der Waals surface area contributed by atoms with Crippen molar-refractivity contribution in [3.05, 3.63) is 71.8 Å². The molecule has 2 fully saturated rings. The van der Waals surface area contributed by atoms with Crippen LogP contribution in [0.2, 0.25) is 0 Å². The number of hydrazine groups is 1. The number of allylic oxidation sites excluding steroid dienone is 1. The van der Waals surface area contributed by atoms with Crippen LogP contribution in [0.1, 0.15) is 64.0 Å². The highest BCUT2D eigenvalue weighted by Gasteiger charge is 2.61. The zero-order valence-corrected chi connectivity index (χ0v) is 26.2. The largest absolute Gasteiger partial charge is 0.479 e. The van der Waals surface area contributed by atoms with Gasteiger partial charge in [-0.05, 0) is 57.6 Å². The Bertz CT molecular complexity index is 1570. The summed E-state index contributed by atoms with van der Waals surface area (Å²) < 4.78 is 5.40. The summed E-state index contributed by atoms with van der Waals surface area (Å²) in [5.41, 5.74) is 4.89. The second-order valence-electron chi connectivity index (χ2n) is 13.2. The van der Waals surface area contributed by atoms with Crippen LogP contribution in [-0.4, -0.2) is 81.1 Å². The molecule has 6 rings (SSSR count). The number of aliphatic carboxylic acids is 1. The molecule has 2 aliphatic heterocycles. The molecule has 4 atom stereocenters.